The molecule has 0 atom stereocenters. The van der Waals surface area contributed by atoms with E-state index >= 15 is 0 Å². The molecular weight excluding hydrogens is 476 g/mol. The van der Waals surface area contributed by atoms with Crippen LogP contribution in [0.2, 0.25) is 0 Å². The Labute approximate surface area is 200 Å². The standard InChI is InChI=1S/C24H31F6N3O2/c1-32(20-5-3-2-4-6-20)21(34)15-33-9-7-16(8-10-33)14-31-22(35)17-11-18(23(25,26)27)13-19(12-17)24(28,29)30/h11-13,16,20H,2-10,14-15H2,1H3,(H,31,35). The predicted molar refractivity (Wildman–Crippen MR) is 118 cm³/mol. The van der Waals surface area contributed by atoms with Crippen molar-refractivity contribution in [2.24, 2.45) is 5.92 Å². The Bertz CT molecular complexity index is 856. The van der Waals surface area contributed by atoms with Crippen molar-refractivity contribution < 1.29 is 35.9 Å². The summed E-state index contributed by atoms with van der Waals surface area (Å²) in [6.45, 7) is 1.72. The van der Waals surface area contributed by atoms with E-state index in [1.165, 1.54) is 6.42 Å². The molecule has 1 aromatic rings. The SMILES string of the molecule is CN(C(=O)CN1CCC(CNC(=O)c2cc(C(F)(F)F)cc(C(F)(F)F)c2)CC1)C1CCCCC1. The number of nitrogens with zero attached hydrogens (tertiary/aromatic N) is 2. The number of piperidine rings is 1. The molecule has 2 amide bonds. The molecule has 1 saturated carbocycles. The van der Waals surface area contributed by atoms with E-state index in [-0.39, 0.29) is 30.5 Å². The van der Waals surface area contributed by atoms with Crippen molar-refractivity contribution >= 4 is 11.8 Å². The second kappa shape index (κ2) is 11.2. The van der Waals surface area contributed by atoms with Gasteiger partial charge in [0, 0.05) is 25.2 Å². The minimum atomic E-state index is -5.01. The van der Waals surface area contributed by atoms with Crippen LogP contribution in [0, 0.1) is 5.92 Å². The van der Waals surface area contributed by atoms with Gasteiger partial charge < -0.3 is 10.2 Å². The number of amides is 2. The fourth-order valence-electron chi connectivity index (χ4n) is 4.75. The van der Waals surface area contributed by atoms with E-state index in [0.717, 1.165) is 25.7 Å². The third-order valence-electron chi connectivity index (χ3n) is 6.98. The largest absolute Gasteiger partial charge is 0.416 e. The lowest BCUT2D eigenvalue weighted by atomic mass is 9.94. The van der Waals surface area contributed by atoms with Crippen LogP contribution in [0.4, 0.5) is 26.3 Å². The first-order valence-corrected chi connectivity index (χ1v) is 11.9. The number of carbonyl (C=O) groups excluding carboxylic acids is 2. The molecule has 0 spiro atoms. The lowest BCUT2D eigenvalue weighted by Gasteiger charge is -2.35. The summed E-state index contributed by atoms with van der Waals surface area (Å²) >= 11 is 0. The molecule has 1 heterocycles. The van der Waals surface area contributed by atoms with Gasteiger partial charge in [-0.25, -0.2) is 0 Å². The molecule has 0 aromatic heterocycles. The lowest BCUT2D eigenvalue weighted by Crippen LogP contribution is -2.46. The number of rotatable bonds is 6. The van der Waals surface area contributed by atoms with Crippen molar-refractivity contribution in [1.29, 1.82) is 0 Å². The molecule has 11 heteroatoms. The molecule has 1 aliphatic heterocycles. The maximum atomic E-state index is 13.0. The van der Waals surface area contributed by atoms with E-state index in [9.17, 15) is 35.9 Å². The van der Waals surface area contributed by atoms with Gasteiger partial charge in [0.2, 0.25) is 5.91 Å². The Kier molecular flexibility index (Phi) is 8.72. The van der Waals surface area contributed by atoms with Gasteiger partial charge in [0.1, 0.15) is 0 Å². The zero-order chi connectivity index (χ0) is 25.8. The molecular formula is C24H31F6N3O2. The van der Waals surface area contributed by atoms with Crippen LogP contribution in [0.15, 0.2) is 18.2 Å². The summed E-state index contributed by atoms with van der Waals surface area (Å²) in [6.07, 6.45) is -3.15. The van der Waals surface area contributed by atoms with E-state index in [4.69, 9.17) is 0 Å². The molecule has 0 bridgehead atoms. The summed E-state index contributed by atoms with van der Waals surface area (Å²) in [5.74, 6) is -0.878. The topological polar surface area (TPSA) is 52.7 Å². The molecule has 2 fully saturated rings. The highest BCUT2D eigenvalue weighted by molar-refractivity contribution is 5.94. The van der Waals surface area contributed by atoms with Crippen LogP contribution in [-0.2, 0) is 17.1 Å². The predicted octanol–water partition coefficient (Wildman–Crippen LogP) is 4.96. The summed E-state index contributed by atoms with van der Waals surface area (Å²) in [6, 6.07) is 1.15. The number of nitrogens with one attached hydrogen (secondary N) is 1. The van der Waals surface area contributed by atoms with Gasteiger partial charge in [-0.15, -0.1) is 0 Å². The number of benzene rings is 1. The molecule has 3 rings (SSSR count). The molecule has 196 valence electrons. The summed E-state index contributed by atoms with van der Waals surface area (Å²) in [5.41, 5.74) is -3.72. The fourth-order valence-corrected chi connectivity index (χ4v) is 4.75. The van der Waals surface area contributed by atoms with Crippen molar-refractivity contribution in [2.45, 2.75) is 63.3 Å². The molecule has 5 nitrogen and oxygen atoms in total. The van der Waals surface area contributed by atoms with E-state index in [1.54, 1.807) is 0 Å². The number of alkyl halides is 6. The number of likely N-dealkylation sites (tertiary alicyclic amines) is 1. The monoisotopic (exact) mass is 507 g/mol. The van der Waals surface area contributed by atoms with Crippen molar-refractivity contribution in [3.63, 3.8) is 0 Å². The molecule has 1 N–H and O–H groups in total. The summed E-state index contributed by atoms with van der Waals surface area (Å²) in [5, 5.41) is 2.48. The van der Waals surface area contributed by atoms with E-state index < -0.39 is 35.0 Å². The van der Waals surface area contributed by atoms with Crippen molar-refractivity contribution in [2.75, 3.05) is 33.2 Å². The average Bonchev–Trinajstić information content (AvgIpc) is 2.82. The fraction of sp³-hybridized carbons (Fsp3) is 0.667. The second-order valence-corrected chi connectivity index (χ2v) is 9.52. The molecule has 35 heavy (non-hydrogen) atoms. The molecule has 2 aliphatic rings. The Morgan fingerprint density at radius 1 is 0.914 bits per heavy atom. The van der Waals surface area contributed by atoms with E-state index in [1.807, 2.05) is 16.8 Å². The lowest BCUT2D eigenvalue weighted by molar-refractivity contribution is -0.143. The molecule has 1 aliphatic carbocycles. The van der Waals surface area contributed by atoms with Crippen molar-refractivity contribution in [1.82, 2.24) is 15.1 Å². The van der Waals surface area contributed by atoms with Gasteiger partial charge in [-0.3, -0.25) is 14.5 Å². The van der Waals surface area contributed by atoms with Crippen molar-refractivity contribution in [3.8, 4) is 0 Å². The van der Waals surface area contributed by atoms with Crippen LogP contribution in [0.25, 0.3) is 0 Å². The summed E-state index contributed by atoms with van der Waals surface area (Å²) < 4.78 is 78.2. The van der Waals surface area contributed by atoms with Gasteiger partial charge in [0.25, 0.3) is 5.91 Å². The normalized spacial score (nSPS) is 18.9. The van der Waals surface area contributed by atoms with Crippen LogP contribution < -0.4 is 5.32 Å². The first kappa shape index (κ1) is 27.3. The minimum Gasteiger partial charge on any atom is -0.352 e. The Morgan fingerprint density at radius 2 is 1.46 bits per heavy atom. The second-order valence-electron chi connectivity index (χ2n) is 9.52. The molecule has 1 saturated heterocycles. The van der Waals surface area contributed by atoms with Gasteiger partial charge in [0.05, 0.1) is 17.7 Å². The minimum absolute atomic E-state index is 0.000504. The summed E-state index contributed by atoms with van der Waals surface area (Å²) in [4.78, 5) is 28.9. The van der Waals surface area contributed by atoms with Crippen LogP contribution in [0.1, 0.15) is 66.4 Å². The van der Waals surface area contributed by atoms with Crippen LogP contribution in [0.5, 0.6) is 0 Å². The zero-order valence-corrected chi connectivity index (χ0v) is 19.6. The smallest absolute Gasteiger partial charge is 0.352 e. The Morgan fingerprint density at radius 3 is 1.97 bits per heavy atom. The number of hydrogen-bond acceptors (Lipinski definition) is 3. The molecule has 0 unspecified atom stereocenters. The molecule has 0 radical (unpaired) electrons. The molecule has 1 aromatic carbocycles. The number of carbonyl (C=O) groups is 2. The maximum absolute atomic E-state index is 13.0. The Balaban J connectivity index is 1.50. The first-order valence-electron chi connectivity index (χ1n) is 11.9. The van der Waals surface area contributed by atoms with Gasteiger partial charge >= 0.3 is 12.4 Å². The highest BCUT2D eigenvalue weighted by Gasteiger charge is 2.37. The quantitative estimate of drug-likeness (QED) is 0.554. The highest BCUT2D eigenvalue weighted by atomic mass is 19.4. The van der Waals surface area contributed by atoms with Crippen LogP contribution >= 0.6 is 0 Å². The van der Waals surface area contributed by atoms with Gasteiger partial charge in [0.15, 0.2) is 0 Å². The maximum Gasteiger partial charge on any atom is 0.416 e. The van der Waals surface area contributed by atoms with Crippen LogP contribution in [-0.4, -0.2) is 60.9 Å². The van der Waals surface area contributed by atoms with Crippen LogP contribution in [0.3, 0.4) is 0 Å². The van der Waals surface area contributed by atoms with E-state index in [0.29, 0.717) is 44.6 Å². The summed E-state index contributed by atoms with van der Waals surface area (Å²) in [7, 11) is 1.85. The van der Waals surface area contributed by atoms with Gasteiger partial charge in [-0.2, -0.15) is 26.3 Å². The third-order valence-corrected chi connectivity index (χ3v) is 6.98. The number of likely N-dealkylation sites (N-methyl/N-ethyl adjacent to an activating group) is 1. The average molecular weight is 508 g/mol. The first-order chi connectivity index (χ1) is 16.3. The number of hydrogen-bond donors (Lipinski definition) is 1. The zero-order valence-electron chi connectivity index (χ0n) is 19.6. The van der Waals surface area contributed by atoms with Gasteiger partial charge in [-0.1, -0.05) is 19.3 Å². The highest BCUT2D eigenvalue weighted by Crippen LogP contribution is 2.36. The third kappa shape index (κ3) is 7.59. The number of halogens is 6. The van der Waals surface area contributed by atoms with Crippen molar-refractivity contribution in [3.05, 3.63) is 34.9 Å². The van der Waals surface area contributed by atoms with Gasteiger partial charge in [-0.05, 0) is 62.9 Å². The Hall–Kier alpha value is -2.30. The van der Waals surface area contributed by atoms with E-state index in [2.05, 4.69) is 5.32 Å².